The molecule has 1 aliphatic carbocycles. The molecule has 0 saturated carbocycles. The summed E-state index contributed by atoms with van der Waals surface area (Å²) in [5, 5.41) is 12.6. The SMILES string of the molecule is CC1(C)CCc2cc(-c3ccc(Cl)cc3)ccc2[C@H]1NC(=O)O. The molecule has 2 aromatic carbocycles. The number of carbonyl (C=O) groups is 1. The van der Waals surface area contributed by atoms with Crippen molar-refractivity contribution in [3.8, 4) is 11.1 Å². The van der Waals surface area contributed by atoms with Crippen LogP contribution in [0.25, 0.3) is 11.1 Å². The van der Waals surface area contributed by atoms with Gasteiger partial charge in [0.25, 0.3) is 0 Å². The molecule has 0 aromatic heterocycles. The lowest BCUT2D eigenvalue weighted by molar-refractivity contribution is 0.161. The van der Waals surface area contributed by atoms with Gasteiger partial charge in [0.05, 0.1) is 6.04 Å². The second kappa shape index (κ2) is 5.89. The van der Waals surface area contributed by atoms with Crippen molar-refractivity contribution >= 4 is 17.7 Å². The Morgan fingerprint density at radius 2 is 1.83 bits per heavy atom. The number of halogens is 1. The highest BCUT2D eigenvalue weighted by Crippen LogP contribution is 2.44. The molecule has 0 fully saturated rings. The second-order valence-electron chi connectivity index (χ2n) is 6.79. The molecular formula is C19H20ClNO2. The summed E-state index contributed by atoms with van der Waals surface area (Å²) in [5.41, 5.74) is 4.46. The maximum atomic E-state index is 11.2. The lowest BCUT2D eigenvalue weighted by Gasteiger charge is -2.40. The minimum absolute atomic E-state index is 0.0901. The molecule has 2 aromatic rings. The Hall–Kier alpha value is -2.00. The van der Waals surface area contributed by atoms with E-state index in [1.165, 1.54) is 5.56 Å². The summed E-state index contributed by atoms with van der Waals surface area (Å²) in [5.74, 6) is 0. The number of fused-ring (bicyclic) bond motifs is 1. The Bertz CT molecular complexity index is 738. The van der Waals surface area contributed by atoms with E-state index in [2.05, 4.69) is 37.4 Å². The third-order valence-corrected chi connectivity index (χ3v) is 4.97. The molecule has 1 atom stereocenters. The normalized spacial score (nSPS) is 19.0. The van der Waals surface area contributed by atoms with Crippen LogP contribution in [0.5, 0.6) is 0 Å². The summed E-state index contributed by atoms with van der Waals surface area (Å²) in [6.07, 6.45) is 0.939. The quantitative estimate of drug-likeness (QED) is 0.786. The highest BCUT2D eigenvalue weighted by atomic mass is 35.5. The number of carboxylic acid groups (broad SMARTS) is 1. The molecule has 0 radical (unpaired) electrons. The first kappa shape index (κ1) is 15.9. The number of nitrogens with one attached hydrogen (secondary N) is 1. The molecule has 3 nitrogen and oxygen atoms in total. The molecule has 1 amide bonds. The lowest BCUT2D eigenvalue weighted by atomic mass is 9.70. The minimum Gasteiger partial charge on any atom is -0.465 e. The van der Waals surface area contributed by atoms with Crippen LogP contribution in [0.1, 0.15) is 37.4 Å². The maximum Gasteiger partial charge on any atom is 0.405 e. The van der Waals surface area contributed by atoms with Gasteiger partial charge < -0.3 is 10.4 Å². The molecule has 0 saturated heterocycles. The Kier molecular flexibility index (Phi) is 4.07. The summed E-state index contributed by atoms with van der Waals surface area (Å²) in [7, 11) is 0. The zero-order valence-corrected chi connectivity index (χ0v) is 14.0. The molecule has 0 bridgehead atoms. The van der Waals surface area contributed by atoms with Crippen LogP contribution in [0.15, 0.2) is 42.5 Å². The van der Waals surface area contributed by atoms with Gasteiger partial charge in [-0.1, -0.05) is 55.8 Å². The molecule has 4 heteroatoms. The Labute approximate surface area is 141 Å². The first-order chi connectivity index (χ1) is 10.9. The first-order valence-corrected chi connectivity index (χ1v) is 8.13. The molecule has 1 aliphatic rings. The Balaban J connectivity index is 2.00. The van der Waals surface area contributed by atoms with Gasteiger partial charge >= 0.3 is 6.09 Å². The zero-order chi connectivity index (χ0) is 16.6. The number of hydrogen-bond donors (Lipinski definition) is 2. The highest BCUT2D eigenvalue weighted by molar-refractivity contribution is 6.30. The summed E-state index contributed by atoms with van der Waals surface area (Å²) < 4.78 is 0. The molecular weight excluding hydrogens is 310 g/mol. The number of amides is 1. The first-order valence-electron chi connectivity index (χ1n) is 7.75. The highest BCUT2D eigenvalue weighted by Gasteiger charge is 2.36. The Morgan fingerprint density at radius 3 is 2.48 bits per heavy atom. The number of rotatable bonds is 2. The Morgan fingerprint density at radius 1 is 1.17 bits per heavy atom. The standard InChI is InChI=1S/C19H20ClNO2/c1-19(2)10-9-14-11-13(12-3-6-15(20)7-4-12)5-8-16(14)17(19)21-18(22)23/h3-8,11,17,21H,9-10H2,1-2H3,(H,22,23)/t17-/m1/s1. The fraction of sp³-hybridized carbons (Fsp3) is 0.316. The van der Waals surface area contributed by atoms with Gasteiger partial charge in [-0.25, -0.2) is 4.79 Å². The van der Waals surface area contributed by atoms with Gasteiger partial charge in [0.2, 0.25) is 0 Å². The van der Waals surface area contributed by atoms with Gasteiger partial charge in [0, 0.05) is 5.02 Å². The van der Waals surface area contributed by atoms with E-state index in [0.717, 1.165) is 34.6 Å². The summed E-state index contributed by atoms with van der Waals surface area (Å²) in [6.45, 7) is 4.23. The van der Waals surface area contributed by atoms with Gasteiger partial charge in [0.15, 0.2) is 0 Å². The van der Waals surface area contributed by atoms with Crippen molar-refractivity contribution in [2.45, 2.75) is 32.7 Å². The zero-order valence-electron chi connectivity index (χ0n) is 13.3. The monoisotopic (exact) mass is 329 g/mol. The smallest absolute Gasteiger partial charge is 0.405 e. The van der Waals surface area contributed by atoms with Crippen LogP contribution in [-0.4, -0.2) is 11.2 Å². The van der Waals surface area contributed by atoms with Crippen molar-refractivity contribution in [1.82, 2.24) is 5.32 Å². The predicted molar refractivity (Wildman–Crippen MR) is 92.9 cm³/mol. The van der Waals surface area contributed by atoms with Crippen LogP contribution in [0.4, 0.5) is 4.79 Å². The molecule has 3 rings (SSSR count). The van der Waals surface area contributed by atoms with Crippen LogP contribution >= 0.6 is 11.6 Å². The number of benzene rings is 2. The average molecular weight is 330 g/mol. The van der Waals surface area contributed by atoms with Crippen molar-refractivity contribution in [1.29, 1.82) is 0 Å². The molecule has 2 N–H and O–H groups in total. The third-order valence-electron chi connectivity index (χ3n) is 4.72. The largest absolute Gasteiger partial charge is 0.465 e. The van der Waals surface area contributed by atoms with Crippen molar-refractivity contribution in [2.24, 2.45) is 5.41 Å². The molecule has 0 spiro atoms. The van der Waals surface area contributed by atoms with Crippen LogP contribution in [0, 0.1) is 5.41 Å². The maximum absolute atomic E-state index is 11.2. The molecule has 0 aliphatic heterocycles. The van der Waals surface area contributed by atoms with Crippen molar-refractivity contribution < 1.29 is 9.90 Å². The van der Waals surface area contributed by atoms with Gasteiger partial charge in [-0.2, -0.15) is 0 Å². The summed E-state index contributed by atoms with van der Waals surface area (Å²) >= 11 is 5.95. The van der Waals surface area contributed by atoms with Gasteiger partial charge in [0.1, 0.15) is 0 Å². The van der Waals surface area contributed by atoms with Crippen molar-refractivity contribution in [3.05, 3.63) is 58.6 Å². The summed E-state index contributed by atoms with van der Waals surface area (Å²) in [4.78, 5) is 11.2. The molecule has 0 heterocycles. The predicted octanol–water partition coefficient (Wildman–Crippen LogP) is 5.29. The van der Waals surface area contributed by atoms with Gasteiger partial charge in [-0.05, 0) is 52.6 Å². The van der Waals surface area contributed by atoms with Crippen molar-refractivity contribution in [2.75, 3.05) is 0 Å². The number of aryl methyl sites for hydroxylation is 1. The molecule has 120 valence electrons. The van der Waals surface area contributed by atoms with Crippen LogP contribution in [0.3, 0.4) is 0 Å². The van der Waals surface area contributed by atoms with Crippen LogP contribution < -0.4 is 5.32 Å². The lowest BCUT2D eigenvalue weighted by Crippen LogP contribution is -2.40. The fourth-order valence-electron chi connectivity index (χ4n) is 3.34. The fourth-order valence-corrected chi connectivity index (χ4v) is 3.47. The third kappa shape index (κ3) is 3.20. The average Bonchev–Trinajstić information content (AvgIpc) is 2.50. The van der Waals surface area contributed by atoms with E-state index in [1.54, 1.807) is 0 Å². The van der Waals surface area contributed by atoms with Crippen LogP contribution in [0.2, 0.25) is 5.02 Å². The van der Waals surface area contributed by atoms with Crippen molar-refractivity contribution in [3.63, 3.8) is 0 Å². The second-order valence-corrected chi connectivity index (χ2v) is 7.23. The number of hydrogen-bond acceptors (Lipinski definition) is 1. The van der Waals surface area contributed by atoms with Gasteiger partial charge in [-0.3, -0.25) is 0 Å². The summed E-state index contributed by atoms with van der Waals surface area (Å²) in [6, 6.07) is 13.9. The minimum atomic E-state index is -0.974. The van der Waals surface area contributed by atoms with E-state index < -0.39 is 6.09 Å². The van der Waals surface area contributed by atoms with E-state index >= 15 is 0 Å². The van der Waals surface area contributed by atoms with E-state index in [0.29, 0.717) is 0 Å². The topological polar surface area (TPSA) is 49.3 Å². The van der Waals surface area contributed by atoms with E-state index in [9.17, 15) is 4.79 Å². The van der Waals surface area contributed by atoms with E-state index in [1.807, 2.05) is 24.3 Å². The molecule has 0 unspecified atom stereocenters. The van der Waals surface area contributed by atoms with Gasteiger partial charge in [-0.15, -0.1) is 0 Å². The molecule has 23 heavy (non-hydrogen) atoms. The van der Waals surface area contributed by atoms with Crippen LogP contribution in [-0.2, 0) is 6.42 Å². The van der Waals surface area contributed by atoms with E-state index in [-0.39, 0.29) is 11.5 Å². The van der Waals surface area contributed by atoms with E-state index in [4.69, 9.17) is 16.7 Å².